The molecule has 1 aromatic carbocycles. The molecule has 0 radical (unpaired) electrons. The Bertz CT molecular complexity index is 422. The van der Waals surface area contributed by atoms with Gasteiger partial charge in [0.05, 0.1) is 11.3 Å². The minimum atomic E-state index is 0.568. The Morgan fingerprint density at radius 3 is 3.00 bits per heavy atom. The van der Waals surface area contributed by atoms with Gasteiger partial charge in [-0.15, -0.1) is 0 Å². The van der Waals surface area contributed by atoms with E-state index in [0.29, 0.717) is 6.04 Å². The number of nitriles is 1. The summed E-state index contributed by atoms with van der Waals surface area (Å²) in [5, 5.41) is 9.13. The van der Waals surface area contributed by atoms with Crippen molar-refractivity contribution < 1.29 is 0 Å². The molecular weight excluding hydrogens is 284 g/mol. The van der Waals surface area contributed by atoms with Crippen molar-refractivity contribution in [3.8, 4) is 6.07 Å². The van der Waals surface area contributed by atoms with E-state index in [1.165, 1.54) is 12.2 Å². The highest BCUT2D eigenvalue weighted by Gasteiger charge is 2.21. The lowest BCUT2D eigenvalue weighted by molar-refractivity contribution is 0.699. The van der Waals surface area contributed by atoms with Crippen LogP contribution in [0, 0.1) is 11.3 Å². The van der Waals surface area contributed by atoms with Crippen molar-refractivity contribution in [3.05, 3.63) is 28.2 Å². The maximum absolute atomic E-state index is 9.13. The summed E-state index contributed by atoms with van der Waals surface area (Å²) in [5.41, 5.74) is 1.78. The van der Waals surface area contributed by atoms with Crippen LogP contribution in [-0.2, 0) is 0 Å². The largest absolute Gasteiger partial charge is 0.370 e. The van der Waals surface area contributed by atoms with E-state index >= 15 is 0 Å². The van der Waals surface area contributed by atoms with Crippen LogP contribution in [0.5, 0.6) is 0 Å². The molecule has 16 heavy (non-hydrogen) atoms. The van der Waals surface area contributed by atoms with Crippen molar-refractivity contribution in [2.24, 2.45) is 0 Å². The van der Waals surface area contributed by atoms with Crippen LogP contribution in [0.15, 0.2) is 22.7 Å². The third-order valence-electron chi connectivity index (χ3n) is 2.91. The normalized spacial score (nSPS) is 19.4. The predicted molar refractivity (Wildman–Crippen MR) is 73.0 cm³/mol. The number of thioether (sulfide) groups is 1. The zero-order chi connectivity index (χ0) is 11.5. The van der Waals surface area contributed by atoms with Gasteiger partial charge in [0.2, 0.25) is 0 Å². The molecule has 2 rings (SSSR count). The maximum atomic E-state index is 9.13. The summed E-state index contributed by atoms with van der Waals surface area (Å²) >= 11 is 5.38. The van der Waals surface area contributed by atoms with Gasteiger partial charge in [0.15, 0.2) is 0 Å². The van der Waals surface area contributed by atoms with Gasteiger partial charge < -0.3 is 4.90 Å². The molecule has 0 spiro atoms. The fraction of sp³-hybridized carbons (Fsp3) is 0.417. The van der Waals surface area contributed by atoms with E-state index in [4.69, 9.17) is 5.26 Å². The van der Waals surface area contributed by atoms with E-state index in [1.54, 1.807) is 0 Å². The summed E-state index contributed by atoms with van der Waals surface area (Å²) in [6.45, 7) is 0. The zero-order valence-corrected chi connectivity index (χ0v) is 11.5. The standard InChI is InChI=1S/C12H13BrN2S/c1-15(11-4-5-16-8-11)12-3-2-10(13)6-9(12)7-14/h2-3,6,11H,4-5,8H2,1H3. The molecule has 0 saturated carbocycles. The van der Waals surface area contributed by atoms with Gasteiger partial charge in [-0.25, -0.2) is 0 Å². The van der Waals surface area contributed by atoms with Gasteiger partial charge in [0.25, 0.3) is 0 Å². The lowest BCUT2D eigenvalue weighted by Gasteiger charge is -2.26. The highest BCUT2D eigenvalue weighted by molar-refractivity contribution is 9.10. The highest BCUT2D eigenvalue weighted by atomic mass is 79.9. The Morgan fingerprint density at radius 1 is 1.56 bits per heavy atom. The molecule has 4 heteroatoms. The Morgan fingerprint density at radius 2 is 2.38 bits per heavy atom. The summed E-state index contributed by atoms with van der Waals surface area (Å²) in [7, 11) is 2.08. The first kappa shape index (κ1) is 11.8. The van der Waals surface area contributed by atoms with Gasteiger partial charge in [-0.3, -0.25) is 0 Å². The van der Waals surface area contributed by atoms with Crippen LogP contribution < -0.4 is 4.90 Å². The second-order valence-electron chi connectivity index (χ2n) is 3.90. The van der Waals surface area contributed by atoms with Crippen molar-refractivity contribution in [1.29, 1.82) is 5.26 Å². The minimum absolute atomic E-state index is 0.568. The van der Waals surface area contributed by atoms with Crippen molar-refractivity contribution in [1.82, 2.24) is 0 Å². The Balaban J connectivity index is 2.28. The first-order chi connectivity index (χ1) is 7.72. The molecule has 1 heterocycles. The molecule has 1 fully saturated rings. The van der Waals surface area contributed by atoms with Gasteiger partial charge in [0.1, 0.15) is 6.07 Å². The number of hydrogen-bond acceptors (Lipinski definition) is 3. The lowest BCUT2D eigenvalue weighted by atomic mass is 10.1. The average Bonchev–Trinajstić information content (AvgIpc) is 2.81. The van der Waals surface area contributed by atoms with E-state index in [9.17, 15) is 0 Å². The Kier molecular flexibility index (Phi) is 3.78. The molecule has 1 aliphatic heterocycles. The van der Waals surface area contributed by atoms with Gasteiger partial charge in [0, 0.05) is 23.3 Å². The van der Waals surface area contributed by atoms with Gasteiger partial charge in [-0.05, 0) is 30.4 Å². The molecule has 0 amide bonds. The molecule has 0 aliphatic carbocycles. The lowest BCUT2D eigenvalue weighted by Crippen LogP contribution is -2.31. The predicted octanol–water partition coefficient (Wildman–Crippen LogP) is 3.26. The number of rotatable bonds is 2. The number of hydrogen-bond donors (Lipinski definition) is 0. The maximum Gasteiger partial charge on any atom is 0.101 e. The van der Waals surface area contributed by atoms with E-state index in [0.717, 1.165) is 21.5 Å². The third kappa shape index (κ3) is 2.36. The monoisotopic (exact) mass is 296 g/mol. The number of benzene rings is 1. The van der Waals surface area contributed by atoms with E-state index in [-0.39, 0.29) is 0 Å². The molecule has 1 saturated heterocycles. The van der Waals surface area contributed by atoms with E-state index < -0.39 is 0 Å². The third-order valence-corrected chi connectivity index (χ3v) is 4.55. The summed E-state index contributed by atoms with van der Waals surface area (Å²) in [5.74, 6) is 2.39. The van der Waals surface area contributed by atoms with Crippen LogP contribution >= 0.6 is 27.7 Å². The molecule has 1 aliphatic rings. The summed E-state index contributed by atoms with van der Waals surface area (Å²) in [6.07, 6.45) is 1.21. The van der Waals surface area contributed by atoms with Crippen LogP contribution in [-0.4, -0.2) is 24.6 Å². The summed E-state index contributed by atoms with van der Waals surface area (Å²) < 4.78 is 0.960. The van der Waals surface area contributed by atoms with Crippen molar-refractivity contribution in [3.63, 3.8) is 0 Å². The van der Waals surface area contributed by atoms with Crippen LogP contribution in [0.3, 0.4) is 0 Å². The first-order valence-electron chi connectivity index (χ1n) is 5.22. The molecule has 1 aromatic rings. The van der Waals surface area contributed by atoms with Crippen molar-refractivity contribution in [2.45, 2.75) is 12.5 Å². The van der Waals surface area contributed by atoms with Crippen molar-refractivity contribution >= 4 is 33.4 Å². The number of anilines is 1. The molecule has 84 valence electrons. The topological polar surface area (TPSA) is 27.0 Å². The van der Waals surface area contributed by atoms with Crippen LogP contribution in [0.1, 0.15) is 12.0 Å². The molecule has 0 aromatic heterocycles. The second kappa shape index (κ2) is 5.11. The van der Waals surface area contributed by atoms with Gasteiger partial charge in [-0.1, -0.05) is 15.9 Å². The number of nitrogens with zero attached hydrogens (tertiary/aromatic N) is 2. The second-order valence-corrected chi connectivity index (χ2v) is 5.97. The SMILES string of the molecule is CN(c1ccc(Br)cc1C#N)C1CCSC1. The Hall–Kier alpha value is -0.660. The first-order valence-corrected chi connectivity index (χ1v) is 7.17. The van der Waals surface area contributed by atoms with Crippen molar-refractivity contribution in [2.75, 3.05) is 23.5 Å². The molecule has 0 N–H and O–H groups in total. The number of halogens is 1. The fourth-order valence-electron chi connectivity index (χ4n) is 1.93. The molecule has 1 unspecified atom stereocenters. The smallest absolute Gasteiger partial charge is 0.101 e. The highest BCUT2D eigenvalue weighted by Crippen LogP contribution is 2.29. The quantitative estimate of drug-likeness (QED) is 0.838. The molecule has 1 atom stereocenters. The molecule has 2 nitrogen and oxygen atoms in total. The van der Waals surface area contributed by atoms with Crippen LogP contribution in [0.25, 0.3) is 0 Å². The average molecular weight is 297 g/mol. The van der Waals surface area contributed by atoms with Gasteiger partial charge in [-0.2, -0.15) is 17.0 Å². The van der Waals surface area contributed by atoms with Crippen LogP contribution in [0.2, 0.25) is 0 Å². The van der Waals surface area contributed by atoms with E-state index in [2.05, 4.69) is 33.9 Å². The van der Waals surface area contributed by atoms with Crippen LogP contribution in [0.4, 0.5) is 5.69 Å². The zero-order valence-electron chi connectivity index (χ0n) is 9.11. The summed E-state index contributed by atoms with van der Waals surface area (Å²) in [6, 6.07) is 8.73. The Labute approximate surface area is 109 Å². The van der Waals surface area contributed by atoms with Gasteiger partial charge >= 0.3 is 0 Å². The van der Waals surface area contributed by atoms with E-state index in [1.807, 2.05) is 30.0 Å². The summed E-state index contributed by atoms with van der Waals surface area (Å²) in [4.78, 5) is 2.24. The molecular formula is C12H13BrN2S. The fourth-order valence-corrected chi connectivity index (χ4v) is 3.56. The minimum Gasteiger partial charge on any atom is -0.370 e. The molecule has 0 bridgehead atoms.